The molecule has 2 amide bonds. The van der Waals surface area contributed by atoms with Gasteiger partial charge in [0, 0.05) is 43.8 Å². The molecule has 1 aromatic carbocycles. The molecule has 1 heterocycles. The van der Waals surface area contributed by atoms with E-state index in [2.05, 4.69) is 27.8 Å². The molecule has 3 rings (SSSR count). The van der Waals surface area contributed by atoms with Gasteiger partial charge in [-0.3, -0.25) is 14.5 Å². The van der Waals surface area contributed by atoms with Crippen molar-refractivity contribution in [1.82, 2.24) is 20.9 Å². The van der Waals surface area contributed by atoms with Gasteiger partial charge in [-0.15, -0.1) is 0 Å². The summed E-state index contributed by atoms with van der Waals surface area (Å²) in [5.41, 5.74) is 1.60. The Labute approximate surface area is 143 Å². The first-order chi connectivity index (χ1) is 11.6. The third kappa shape index (κ3) is 4.79. The summed E-state index contributed by atoms with van der Waals surface area (Å²) in [5.74, 6) is -0.00287. The molecule has 0 bridgehead atoms. The summed E-state index contributed by atoms with van der Waals surface area (Å²) in [6.07, 6.45) is 2.15. The number of carbonyl (C=O) groups is 2. The van der Waals surface area contributed by atoms with Gasteiger partial charge in [0.15, 0.2) is 0 Å². The molecule has 6 nitrogen and oxygen atoms in total. The Balaban J connectivity index is 1.48. The highest BCUT2D eigenvalue weighted by Crippen LogP contribution is 2.19. The van der Waals surface area contributed by atoms with Crippen LogP contribution >= 0.6 is 0 Å². The third-order valence-electron chi connectivity index (χ3n) is 4.58. The molecule has 1 saturated carbocycles. The normalized spacial score (nSPS) is 21.3. The summed E-state index contributed by atoms with van der Waals surface area (Å²) in [6, 6.07) is 8.18. The highest BCUT2D eigenvalue weighted by molar-refractivity contribution is 5.94. The zero-order valence-electron chi connectivity index (χ0n) is 14.2. The zero-order valence-corrected chi connectivity index (χ0v) is 14.2. The van der Waals surface area contributed by atoms with Gasteiger partial charge >= 0.3 is 0 Å². The number of piperazine rings is 1. The van der Waals surface area contributed by atoms with E-state index < -0.39 is 0 Å². The largest absolute Gasteiger partial charge is 0.351 e. The number of carbonyl (C=O) groups excluding carboxylic acids is 2. The Morgan fingerprint density at radius 1 is 1.33 bits per heavy atom. The molecule has 130 valence electrons. The maximum absolute atomic E-state index is 12.2. The maximum atomic E-state index is 12.2. The van der Waals surface area contributed by atoms with Gasteiger partial charge in [-0.1, -0.05) is 12.1 Å². The third-order valence-corrected chi connectivity index (χ3v) is 4.58. The molecule has 2 aliphatic rings. The van der Waals surface area contributed by atoms with Crippen molar-refractivity contribution < 1.29 is 9.59 Å². The topological polar surface area (TPSA) is 73.5 Å². The fourth-order valence-electron chi connectivity index (χ4n) is 2.88. The molecule has 1 aliphatic heterocycles. The van der Waals surface area contributed by atoms with Crippen LogP contribution in [-0.2, 0) is 11.3 Å². The van der Waals surface area contributed by atoms with E-state index >= 15 is 0 Å². The second-order valence-electron chi connectivity index (χ2n) is 6.75. The molecule has 0 radical (unpaired) electrons. The van der Waals surface area contributed by atoms with Gasteiger partial charge in [-0.2, -0.15) is 0 Å². The first-order valence-electron chi connectivity index (χ1n) is 8.73. The lowest BCUT2D eigenvalue weighted by Crippen LogP contribution is -2.52. The van der Waals surface area contributed by atoms with E-state index in [-0.39, 0.29) is 11.8 Å². The Morgan fingerprint density at radius 3 is 2.92 bits per heavy atom. The SMILES string of the molecule is C[C@@H]1CNCCN1CC(=O)NCc1cccc(C(=O)NC2CC2)c1. The molecule has 2 fully saturated rings. The number of nitrogens with one attached hydrogen (secondary N) is 3. The molecular weight excluding hydrogens is 304 g/mol. The Kier molecular flexibility index (Phi) is 5.48. The second-order valence-corrected chi connectivity index (χ2v) is 6.75. The molecule has 1 atom stereocenters. The molecule has 0 aromatic heterocycles. The summed E-state index contributed by atoms with van der Waals surface area (Å²) in [7, 11) is 0. The predicted molar refractivity (Wildman–Crippen MR) is 92.7 cm³/mol. The van der Waals surface area contributed by atoms with Crippen molar-refractivity contribution in [3.05, 3.63) is 35.4 Å². The molecule has 1 aromatic rings. The minimum absolute atomic E-state index is 0.0246. The molecule has 1 saturated heterocycles. The summed E-state index contributed by atoms with van der Waals surface area (Å²) in [6.45, 7) is 5.74. The highest BCUT2D eigenvalue weighted by Gasteiger charge is 2.24. The van der Waals surface area contributed by atoms with Crippen molar-refractivity contribution >= 4 is 11.8 Å². The van der Waals surface area contributed by atoms with Crippen molar-refractivity contribution in [2.45, 2.75) is 38.4 Å². The van der Waals surface area contributed by atoms with Crippen molar-refractivity contribution in [1.29, 1.82) is 0 Å². The molecular formula is C18H26N4O2. The van der Waals surface area contributed by atoms with Crippen LogP contribution in [0.1, 0.15) is 35.7 Å². The quantitative estimate of drug-likeness (QED) is 0.710. The van der Waals surface area contributed by atoms with Crippen LogP contribution in [0.5, 0.6) is 0 Å². The van der Waals surface area contributed by atoms with Crippen LogP contribution < -0.4 is 16.0 Å². The average Bonchev–Trinajstić information content (AvgIpc) is 3.39. The van der Waals surface area contributed by atoms with Gasteiger partial charge < -0.3 is 16.0 Å². The molecule has 0 unspecified atom stereocenters. The first-order valence-corrected chi connectivity index (χ1v) is 8.73. The number of nitrogens with zero attached hydrogens (tertiary/aromatic N) is 1. The van der Waals surface area contributed by atoms with E-state index in [9.17, 15) is 9.59 Å². The number of hydrogen-bond donors (Lipinski definition) is 3. The van der Waals surface area contributed by atoms with E-state index in [4.69, 9.17) is 0 Å². The zero-order chi connectivity index (χ0) is 16.9. The predicted octanol–water partition coefficient (Wildman–Crippen LogP) is 0.489. The lowest BCUT2D eigenvalue weighted by molar-refractivity contribution is -0.123. The monoisotopic (exact) mass is 330 g/mol. The van der Waals surface area contributed by atoms with Crippen LogP contribution in [0.4, 0.5) is 0 Å². The summed E-state index contributed by atoms with van der Waals surface area (Å²) in [5, 5.41) is 9.25. The Hall–Kier alpha value is -1.92. The van der Waals surface area contributed by atoms with Gasteiger partial charge in [-0.05, 0) is 37.5 Å². The van der Waals surface area contributed by atoms with Crippen LogP contribution in [0, 0.1) is 0 Å². The Bertz CT molecular complexity index is 600. The summed E-state index contributed by atoms with van der Waals surface area (Å²) >= 11 is 0. The number of hydrogen-bond acceptors (Lipinski definition) is 4. The van der Waals surface area contributed by atoms with E-state index in [1.807, 2.05) is 24.3 Å². The van der Waals surface area contributed by atoms with Crippen molar-refractivity contribution in [2.24, 2.45) is 0 Å². The lowest BCUT2D eigenvalue weighted by Gasteiger charge is -2.33. The van der Waals surface area contributed by atoms with Gasteiger partial charge in [0.1, 0.15) is 0 Å². The minimum atomic E-state index is -0.0275. The summed E-state index contributed by atoms with van der Waals surface area (Å²) in [4.78, 5) is 26.4. The van der Waals surface area contributed by atoms with E-state index in [1.54, 1.807) is 0 Å². The maximum Gasteiger partial charge on any atom is 0.251 e. The van der Waals surface area contributed by atoms with Crippen LogP contribution in [0.15, 0.2) is 24.3 Å². The fourth-order valence-corrected chi connectivity index (χ4v) is 2.88. The number of benzene rings is 1. The highest BCUT2D eigenvalue weighted by atomic mass is 16.2. The smallest absolute Gasteiger partial charge is 0.251 e. The van der Waals surface area contributed by atoms with Gasteiger partial charge in [0.25, 0.3) is 5.91 Å². The van der Waals surface area contributed by atoms with Crippen LogP contribution in [-0.4, -0.2) is 55.0 Å². The van der Waals surface area contributed by atoms with Gasteiger partial charge in [-0.25, -0.2) is 0 Å². The molecule has 1 aliphatic carbocycles. The van der Waals surface area contributed by atoms with Crippen LogP contribution in [0.3, 0.4) is 0 Å². The molecule has 24 heavy (non-hydrogen) atoms. The number of amides is 2. The van der Waals surface area contributed by atoms with Crippen LogP contribution in [0.2, 0.25) is 0 Å². The summed E-state index contributed by atoms with van der Waals surface area (Å²) < 4.78 is 0. The lowest BCUT2D eigenvalue weighted by atomic mass is 10.1. The first kappa shape index (κ1) is 16.9. The average molecular weight is 330 g/mol. The van der Waals surface area contributed by atoms with Crippen molar-refractivity contribution in [3.8, 4) is 0 Å². The van der Waals surface area contributed by atoms with E-state index in [1.165, 1.54) is 0 Å². The Morgan fingerprint density at radius 2 is 2.17 bits per heavy atom. The van der Waals surface area contributed by atoms with Gasteiger partial charge in [0.05, 0.1) is 6.54 Å². The van der Waals surface area contributed by atoms with Crippen molar-refractivity contribution in [3.63, 3.8) is 0 Å². The molecule has 6 heteroatoms. The van der Waals surface area contributed by atoms with Crippen molar-refractivity contribution in [2.75, 3.05) is 26.2 Å². The standard InChI is InChI=1S/C18H26N4O2/c1-13-10-19-7-8-22(13)12-17(23)20-11-14-3-2-4-15(9-14)18(24)21-16-5-6-16/h2-4,9,13,16,19H,5-8,10-12H2,1H3,(H,20,23)(H,21,24)/t13-/m1/s1. The van der Waals surface area contributed by atoms with Gasteiger partial charge in [0.2, 0.25) is 5.91 Å². The van der Waals surface area contributed by atoms with E-state index in [0.29, 0.717) is 30.7 Å². The number of rotatable bonds is 6. The molecule has 3 N–H and O–H groups in total. The minimum Gasteiger partial charge on any atom is -0.351 e. The second kappa shape index (κ2) is 7.77. The van der Waals surface area contributed by atoms with E-state index in [0.717, 1.165) is 38.0 Å². The molecule has 0 spiro atoms. The van der Waals surface area contributed by atoms with Crippen LogP contribution in [0.25, 0.3) is 0 Å². The fraction of sp³-hybridized carbons (Fsp3) is 0.556.